The summed E-state index contributed by atoms with van der Waals surface area (Å²) >= 11 is 0. The largest absolute Gasteiger partial charge is 0.347 e. The lowest BCUT2D eigenvalue weighted by atomic mass is 10.5. The molecular weight excluding hydrogens is 152 g/mol. The van der Waals surface area contributed by atoms with Gasteiger partial charge in [-0.1, -0.05) is 0 Å². The van der Waals surface area contributed by atoms with E-state index >= 15 is 0 Å². The second-order valence-corrected chi connectivity index (χ2v) is 2.10. The molecule has 0 spiro atoms. The van der Waals surface area contributed by atoms with E-state index in [-0.39, 0.29) is 6.54 Å². The maximum Gasteiger partial charge on any atom is 0.250 e. The van der Waals surface area contributed by atoms with Crippen molar-refractivity contribution in [2.24, 2.45) is 0 Å². The number of nitrogens with one attached hydrogen (secondary N) is 2. The molecule has 0 aliphatic rings. The zero-order chi connectivity index (χ0) is 8.10. The van der Waals surface area contributed by atoms with Crippen LogP contribution in [0.3, 0.4) is 0 Å². The molecule has 1 heterocycles. The van der Waals surface area contributed by atoms with Crippen LogP contribution in [-0.4, -0.2) is 22.9 Å². The third-order valence-corrected chi connectivity index (χ3v) is 1.17. The molecule has 0 atom stereocenters. The maximum atomic E-state index is 11.6. The minimum atomic E-state index is -2.29. The van der Waals surface area contributed by atoms with Crippen LogP contribution in [-0.2, 0) is 6.54 Å². The third kappa shape index (κ3) is 3.08. The van der Waals surface area contributed by atoms with Gasteiger partial charge in [0, 0.05) is 18.4 Å². The van der Waals surface area contributed by atoms with Crippen LogP contribution in [0, 0.1) is 0 Å². The van der Waals surface area contributed by atoms with Gasteiger partial charge >= 0.3 is 0 Å². The van der Waals surface area contributed by atoms with Crippen LogP contribution in [0.2, 0.25) is 0 Å². The van der Waals surface area contributed by atoms with Crippen molar-refractivity contribution in [1.29, 1.82) is 0 Å². The van der Waals surface area contributed by atoms with E-state index in [1.165, 1.54) is 6.33 Å². The molecule has 11 heavy (non-hydrogen) atoms. The number of imidazole rings is 1. The fraction of sp³-hybridized carbons (Fsp3) is 0.500. The Morgan fingerprint density at radius 3 is 3.00 bits per heavy atom. The van der Waals surface area contributed by atoms with Crippen molar-refractivity contribution < 1.29 is 8.78 Å². The number of aromatic nitrogens is 2. The predicted octanol–water partition coefficient (Wildman–Crippen LogP) is 0.764. The van der Waals surface area contributed by atoms with Crippen LogP contribution >= 0.6 is 0 Å². The Labute approximate surface area is 62.8 Å². The molecule has 1 aromatic heterocycles. The lowest BCUT2D eigenvalue weighted by Crippen LogP contribution is -2.20. The number of H-pyrrole nitrogens is 1. The first-order chi connectivity index (χ1) is 5.29. The molecule has 0 unspecified atom stereocenters. The quantitative estimate of drug-likeness (QED) is 0.684. The first-order valence-corrected chi connectivity index (χ1v) is 3.25. The van der Waals surface area contributed by atoms with E-state index in [0.29, 0.717) is 6.54 Å². The second kappa shape index (κ2) is 4.02. The first kappa shape index (κ1) is 8.13. The molecule has 1 rings (SSSR count). The number of hydrogen-bond donors (Lipinski definition) is 2. The van der Waals surface area contributed by atoms with Gasteiger partial charge in [-0.25, -0.2) is 13.8 Å². The molecule has 0 aliphatic carbocycles. The lowest BCUT2D eigenvalue weighted by molar-refractivity contribution is 0.145. The van der Waals surface area contributed by atoms with Crippen molar-refractivity contribution in [1.82, 2.24) is 15.3 Å². The fourth-order valence-electron chi connectivity index (χ4n) is 0.697. The molecule has 0 aliphatic heterocycles. The molecule has 0 aromatic carbocycles. The number of nitrogens with zero attached hydrogens (tertiary/aromatic N) is 1. The van der Waals surface area contributed by atoms with Crippen molar-refractivity contribution in [3.8, 4) is 0 Å². The van der Waals surface area contributed by atoms with Crippen LogP contribution in [0.1, 0.15) is 5.69 Å². The van der Waals surface area contributed by atoms with Gasteiger partial charge in [0.25, 0.3) is 6.43 Å². The minimum Gasteiger partial charge on any atom is -0.347 e. The molecule has 0 fully saturated rings. The van der Waals surface area contributed by atoms with Gasteiger partial charge in [0.05, 0.1) is 12.9 Å². The van der Waals surface area contributed by atoms with E-state index < -0.39 is 6.43 Å². The van der Waals surface area contributed by atoms with Crippen LogP contribution < -0.4 is 5.32 Å². The summed E-state index contributed by atoms with van der Waals surface area (Å²) in [5.41, 5.74) is 0.811. The normalized spacial score (nSPS) is 10.8. The van der Waals surface area contributed by atoms with Gasteiger partial charge in [-0.2, -0.15) is 0 Å². The Morgan fingerprint density at radius 2 is 2.45 bits per heavy atom. The highest BCUT2D eigenvalue weighted by atomic mass is 19.3. The van der Waals surface area contributed by atoms with E-state index in [1.807, 2.05) is 0 Å². The smallest absolute Gasteiger partial charge is 0.250 e. The average Bonchev–Trinajstić information content (AvgIpc) is 2.39. The Morgan fingerprint density at radius 1 is 1.64 bits per heavy atom. The Bertz CT molecular complexity index is 186. The predicted molar refractivity (Wildman–Crippen MR) is 36.3 cm³/mol. The summed E-state index contributed by atoms with van der Waals surface area (Å²) in [6.45, 7) is 0.128. The topological polar surface area (TPSA) is 40.7 Å². The third-order valence-electron chi connectivity index (χ3n) is 1.17. The SMILES string of the molecule is FC(F)CNCc1cnc[nH]1. The zero-order valence-electron chi connectivity index (χ0n) is 5.85. The molecular formula is C6H9F2N3. The van der Waals surface area contributed by atoms with E-state index in [1.54, 1.807) is 6.20 Å². The molecule has 2 N–H and O–H groups in total. The summed E-state index contributed by atoms with van der Waals surface area (Å²) < 4.78 is 23.2. The van der Waals surface area contributed by atoms with Gasteiger partial charge in [-0.15, -0.1) is 0 Å². The molecule has 3 nitrogen and oxygen atoms in total. The summed E-state index contributed by atoms with van der Waals surface area (Å²) in [6.07, 6.45) is 0.815. The lowest BCUT2D eigenvalue weighted by Gasteiger charge is -2.00. The van der Waals surface area contributed by atoms with Crippen LogP contribution in [0.15, 0.2) is 12.5 Å². The molecule has 0 radical (unpaired) electrons. The van der Waals surface area contributed by atoms with Gasteiger partial charge in [-0.05, 0) is 0 Å². The maximum absolute atomic E-state index is 11.6. The van der Waals surface area contributed by atoms with Gasteiger partial charge in [0.1, 0.15) is 0 Å². The molecule has 0 amide bonds. The summed E-state index contributed by atoms with van der Waals surface area (Å²) in [7, 11) is 0. The van der Waals surface area contributed by atoms with Crippen molar-refractivity contribution in [2.45, 2.75) is 13.0 Å². The highest BCUT2D eigenvalue weighted by molar-refractivity contribution is 4.92. The van der Waals surface area contributed by atoms with Crippen molar-refractivity contribution in [3.63, 3.8) is 0 Å². The Hall–Kier alpha value is -0.970. The van der Waals surface area contributed by atoms with Gasteiger partial charge < -0.3 is 10.3 Å². The fourth-order valence-corrected chi connectivity index (χ4v) is 0.697. The summed E-state index contributed by atoms with van der Waals surface area (Å²) in [6, 6.07) is 0. The summed E-state index contributed by atoms with van der Waals surface area (Å²) in [4.78, 5) is 6.53. The number of aromatic amines is 1. The van der Waals surface area contributed by atoms with Crippen molar-refractivity contribution in [2.75, 3.05) is 6.54 Å². The molecule has 0 saturated carbocycles. The highest BCUT2D eigenvalue weighted by Gasteiger charge is 2.00. The van der Waals surface area contributed by atoms with E-state index in [2.05, 4.69) is 15.3 Å². The van der Waals surface area contributed by atoms with E-state index in [9.17, 15) is 8.78 Å². The standard InChI is InChI=1S/C6H9F2N3/c7-6(8)3-9-1-5-2-10-4-11-5/h2,4,6,9H,1,3H2,(H,10,11). The van der Waals surface area contributed by atoms with Gasteiger partial charge in [0.15, 0.2) is 0 Å². The average molecular weight is 161 g/mol. The van der Waals surface area contributed by atoms with Gasteiger partial charge in [-0.3, -0.25) is 0 Å². The first-order valence-electron chi connectivity index (χ1n) is 3.25. The van der Waals surface area contributed by atoms with Crippen molar-refractivity contribution in [3.05, 3.63) is 18.2 Å². The molecule has 1 aromatic rings. The summed E-state index contributed by atoms with van der Waals surface area (Å²) in [5.74, 6) is 0. The second-order valence-electron chi connectivity index (χ2n) is 2.10. The van der Waals surface area contributed by atoms with Crippen LogP contribution in [0.5, 0.6) is 0 Å². The van der Waals surface area contributed by atoms with Gasteiger partial charge in [0.2, 0.25) is 0 Å². The molecule has 62 valence electrons. The number of hydrogen-bond acceptors (Lipinski definition) is 2. The Balaban J connectivity index is 2.14. The zero-order valence-corrected chi connectivity index (χ0v) is 5.85. The van der Waals surface area contributed by atoms with E-state index in [0.717, 1.165) is 5.69 Å². The van der Waals surface area contributed by atoms with Crippen LogP contribution in [0.4, 0.5) is 8.78 Å². The highest BCUT2D eigenvalue weighted by Crippen LogP contribution is 1.91. The monoisotopic (exact) mass is 161 g/mol. The number of rotatable bonds is 4. The van der Waals surface area contributed by atoms with Crippen LogP contribution in [0.25, 0.3) is 0 Å². The van der Waals surface area contributed by atoms with E-state index in [4.69, 9.17) is 0 Å². The Kier molecular flexibility index (Phi) is 2.97. The molecule has 0 saturated heterocycles. The molecule has 5 heteroatoms. The number of halogens is 2. The minimum absolute atomic E-state index is 0.279. The summed E-state index contributed by atoms with van der Waals surface area (Å²) in [5, 5.41) is 2.57. The number of alkyl halides is 2. The molecule has 0 bridgehead atoms. The van der Waals surface area contributed by atoms with Crippen molar-refractivity contribution >= 4 is 0 Å².